The van der Waals surface area contributed by atoms with Gasteiger partial charge in [-0.15, -0.1) is 0 Å². The summed E-state index contributed by atoms with van der Waals surface area (Å²) >= 11 is 0. The fraction of sp³-hybridized carbons (Fsp3) is 0.818. The number of allylic oxidation sites excluding steroid dienone is 4. The molecular weight excluding hydrogens is 429 g/mol. The molecule has 145 valence electrons. The fourth-order valence-electron chi connectivity index (χ4n) is 4.71. The van der Waals surface area contributed by atoms with Crippen molar-refractivity contribution in [2.24, 2.45) is 0 Å². The van der Waals surface area contributed by atoms with Gasteiger partial charge in [-0.1, -0.05) is 12.8 Å². The molecular formula is C22H40P2Rh+2. The third-order valence-electron chi connectivity index (χ3n) is 6.46. The van der Waals surface area contributed by atoms with Crippen LogP contribution in [0.2, 0.25) is 0 Å². The molecule has 0 nitrogen and oxygen atoms in total. The standard InChI is InChI=1S/C14H28P2.C8H10.Rh/c1-11-5-6-12(2)15(11)9-10-16-13(3)7-8-14(16)4;1-2-4-6-8-7-5-3-1;/h11-14H,5-10H2,1-4H3;1,6H,2,4-5,7H2;/q;-2;+2/p+2/t11-,12-,13-,14-;;/m1../s1. The number of hydrogen-bond donors (Lipinski definition) is 0. The molecule has 0 aromatic carbocycles. The van der Waals surface area contributed by atoms with Crippen molar-refractivity contribution in [3.8, 4) is 0 Å². The largest absolute Gasteiger partial charge is 2.00 e. The van der Waals surface area contributed by atoms with Crippen molar-refractivity contribution >= 4 is 15.8 Å². The van der Waals surface area contributed by atoms with E-state index in [4.69, 9.17) is 0 Å². The van der Waals surface area contributed by atoms with Crippen molar-refractivity contribution in [3.05, 3.63) is 24.3 Å². The minimum absolute atomic E-state index is 0. The third-order valence-corrected chi connectivity index (χ3v) is 14.8. The van der Waals surface area contributed by atoms with Crippen LogP contribution >= 0.6 is 15.8 Å². The van der Waals surface area contributed by atoms with E-state index in [1.54, 1.807) is 38.0 Å². The van der Waals surface area contributed by atoms with Gasteiger partial charge in [0.1, 0.15) is 0 Å². The van der Waals surface area contributed by atoms with Crippen LogP contribution in [0.4, 0.5) is 0 Å². The molecule has 1 aliphatic carbocycles. The van der Waals surface area contributed by atoms with Crippen molar-refractivity contribution in [1.82, 2.24) is 0 Å². The number of hydrogen-bond acceptors (Lipinski definition) is 0. The summed E-state index contributed by atoms with van der Waals surface area (Å²) in [6.45, 7) is 10.2. The Bertz CT molecular complexity index is 337. The minimum atomic E-state index is 0. The average molecular weight is 469 g/mol. The molecule has 3 aliphatic rings. The van der Waals surface area contributed by atoms with E-state index in [1.165, 1.54) is 0 Å². The monoisotopic (exact) mass is 469 g/mol. The molecule has 3 heteroatoms. The van der Waals surface area contributed by atoms with Gasteiger partial charge in [-0.05, 0) is 53.4 Å². The number of rotatable bonds is 3. The Morgan fingerprint density at radius 2 is 1.00 bits per heavy atom. The zero-order valence-corrected chi connectivity index (χ0v) is 20.5. The topological polar surface area (TPSA) is 0 Å². The van der Waals surface area contributed by atoms with Crippen LogP contribution in [0.15, 0.2) is 12.2 Å². The van der Waals surface area contributed by atoms with E-state index in [-0.39, 0.29) is 35.3 Å². The summed E-state index contributed by atoms with van der Waals surface area (Å²) < 4.78 is 0. The van der Waals surface area contributed by atoms with Crippen molar-refractivity contribution < 1.29 is 19.5 Å². The van der Waals surface area contributed by atoms with Crippen molar-refractivity contribution in [1.29, 1.82) is 0 Å². The third kappa shape index (κ3) is 8.24. The summed E-state index contributed by atoms with van der Waals surface area (Å²) in [6.07, 6.45) is 24.5. The van der Waals surface area contributed by atoms with Crippen LogP contribution < -0.4 is 0 Å². The molecule has 0 amide bonds. The molecule has 2 fully saturated rings. The Morgan fingerprint density at radius 3 is 1.32 bits per heavy atom. The van der Waals surface area contributed by atoms with Crippen LogP contribution in [-0.2, 0) is 19.5 Å². The van der Waals surface area contributed by atoms with Gasteiger partial charge in [0, 0.05) is 15.8 Å². The van der Waals surface area contributed by atoms with Gasteiger partial charge in [0.25, 0.3) is 0 Å². The van der Waals surface area contributed by atoms with Gasteiger partial charge < -0.3 is 12.2 Å². The van der Waals surface area contributed by atoms with Gasteiger partial charge in [-0.25, -0.2) is 12.8 Å². The molecule has 2 heterocycles. The Labute approximate surface area is 173 Å². The van der Waals surface area contributed by atoms with E-state index in [1.807, 2.05) is 0 Å². The zero-order chi connectivity index (χ0) is 17.4. The quantitative estimate of drug-likeness (QED) is 0.241. The maximum Gasteiger partial charge on any atom is 2.00 e. The van der Waals surface area contributed by atoms with Crippen molar-refractivity contribution in [2.45, 2.75) is 102 Å². The van der Waals surface area contributed by atoms with E-state index < -0.39 is 0 Å². The summed E-state index contributed by atoms with van der Waals surface area (Å²) in [6, 6.07) is 0. The molecule has 25 heavy (non-hydrogen) atoms. The Kier molecular flexibility index (Phi) is 12.7. The first-order chi connectivity index (χ1) is 11.6. The average Bonchev–Trinajstić information content (AvgIpc) is 3.01. The minimum Gasteiger partial charge on any atom is -0.503 e. The zero-order valence-electron chi connectivity index (χ0n) is 16.9. The SMILES string of the molecule is C[C@@H]1CC[C@@H](C)[PH+]1CC[PH+]1[C@H](C)CC[C@H]1C.[C-]1=CCCC=[C-]CC1.[Rh+2]. The van der Waals surface area contributed by atoms with Crippen LogP contribution in [0.1, 0.15) is 79.1 Å². The van der Waals surface area contributed by atoms with Crippen LogP contribution in [0.3, 0.4) is 0 Å². The van der Waals surface area contributed by atoms with Gasteiger partial charge in [-0.3, -0.25) is 12.2 Å². The summed E-state index contributed by atoms with van der Waals surface area (Å²) in [5, 5.41) is 0. The molecule has 0 saturated carbocycles. The predicted octanol–water partition coefficient (Wildman–Crippen LogP) is 6.83. The maximum absolute atomic E-state index is 3.18. The summed E-state index contributed by atoms with van der Waals surface area (Å²) in [5.41, 5.74) is 4.48. The smallest absolute Gasteiger partial charge is 0.503 e. The molecule has 0 unspecified atom stereocenters. The second-order valence-corrected chi connectivity index (χ2v) is 15.5. The first kappa shape index (κ1) is 24.0. The molecule has 4 atom stereocenters. The first-order valence-electron chi connectivity index (χ1n) is 10.4. The molecule has 0 aromatic heterocycles. The van der Waals surface area contributed by atoms with Crippen molar-refractivity contribution in [3.63, 3.8) is 0 Å². The van der Waals surface area contributed by atoms with E-state index in [0.29, 0.717) is 0 Å². The molecule has 2 aliphatic heterocycles. The first-order valence-corrected chi connectivity index (χ1v) is 14.1. The summed E-state index contributed by atoms with van der Waals surface area (Å²) in [4.78, 5) is 0. The normalized spacial score (nSPS) is 33.3. The van der Waals surface area contributed by atoms with Crippen molar-refractivity contribution in [2.75, 3.05) is 12.3 Å². The predicted molar refractivity (Wildman–Crippen MR) is 117 cm³/mol. The van der Waals surface area contributed by atoms with Crippen LogP contribution in [0.5, 0.6) is 0 Å². The Balaban J connectivity index is 0.000000295. The van der Waals surface area contributed by atoms with E-state index in [0.717, 1.165) is 48.3 Å². The molecule has 3 rings (SSSR count). The van der Waals surface area contributed by atoms with Gasteiger partial charge in [0.15, 0.2) is 0 Å². The molecule has 2 saturated heterocycles. The summed E-state index contributed by atoms with van der Waals surface area (Å²) in [5.74, 6) is 0. The second kappa shape index (κ2) is 13.2. The van der Waals surface area contributed by atoms with Gasteiger partial charge in [-0.2, -0.15) is 0 Å². The van der Waals surface area contributed by atoms with E-state index in [9.17, 15) is 0 Å². The van der Waals surface area contributed by atoms with Crippen LogP contribution in [0, 0.1) is 12.2 Å². The van der Waals surface area contributed by atoms with E-state index >= 15 is 0 Å². The fourth-order valence-corrected chi connectivity index (χ4v) is 13.1. The molecule has 0 N–H and O–H groups in total. The molecule has 1 radical (unpaired) electrons. The van der Waals surface area contributed by atoms with Gasteiger partial charge in [0.05, 0.1) is 35.0 Å². The van der Waals surface area contributed by atoms with Crippen LogP contribution in [-0.4, -0.2) is 35.0 Å². The Morgan fingerprint density at radius 1 is 0.680 bits per heavy atom. The van der Waals surface area contributed by atoms with Gasteiger partial charge >= 0.3 is 19.5 Å². The molecule has 0 aromatic rings. The van der Waals surface area contributed by atoms with E-state index in [2.05, 4.69) is 52.0 Å². The molecule has 0 spiro atoms. The maximum atomic E-state index is 3.18. The Hall–Kier alpha value is 0.963. The van der Waals surface area contributed by atoms with Crippen LogP contribution in [0.25, 0.3) is 0 Å². The van der Waals surface area contributed by atoms with Gasteiger partial charge in [0.2, 0.25) is 0 Å². The molecule has 0 bridgehead atoms. The summed E-state index contributed by atoms with van der Waals surface area (Å²) in [7, 11) is 0.0490. The second-order valence-electron chi connectivity index (χ2n) is 8.30.